The van der Waals surface area contributed by atoms with Gasteiger partial charge in [0.2, 0.25) is 0 Å². The van der Waals surface area contributed by atoms with Gasteiger partial charge in [0.05, 0.1) is 5.03 Å². The van der Waals surface area contributed by atoms with Crippen LogP contribution in [0.1, 0.15) is 17.3 Å². The number of carbonyl (C=O) groups excluding carboxylic acids is 1. The number of hydrogen-bond acceptors (Lipinski definition) is 4. The lowest BCUT2D eigenvalue weighted by Crippen LogP contribution is -2.11. The summed E-state index contributed by atoms with van der Waals surface area (Å²) < 4.78 is 0. The summed E-state index contributed by atoms with van der Waals surface area (Å²) in [6.07, 6.45) is 6.79. The van der Waals surface area contributed by atoms with Crippen LogP contribution >= 0.6 is 11.8 Å². The zero-order valence-corrected chi connectivity index (χ0v) is 9.67. The van der Waals surface area contributed by atoms with Gasteiger partial charge in [0.25, 0.3) is 0 Å². The summed E-state index contributed by atoms with van der Waals surface area (Å²) in [5.74, 6) is 0.00250. The van der Waals surface area contributed by atoms with Gasteiger partial charge in [-0.05, 0) is 25.3 Å². The lowest BCUT2D eigenvalue weighted by atomic mass is 10.2. The number of carbonyl (C=O) groups is 1. The number of thioether (sulfide) groups is 1. The Balaban J connectivity index is 2.77. The van der Waals surface area contributed by atoms with Gasteiger partial charge in [0, 0.05) is 30.6 Å². The second-order valence-corrected chi connectivity index (χ2v) is 3.69. The number of rotatable bonds is 5. The first-order valence-corrected chi connectivity index (χ1v) is 5.94. The Bertz CT molecular complexity index is 349. The largest absolute Gasteiger partial charge is 0.380 e. The summed E-state index contributed by atoms with van der Waals surface area (Å²) in [7, 11) is 0. The van der Waals surface area contributed by atoms with Gasteiger partial charge in [-0.2, -0.15) is 0 Å². The highest BCUT2D eigenvalue weighted by atomic mass is 32.2. The molecular formula is C11H14N2OS. The first-order chi connectivity index (χ1) is 7.27. The van der Waals surface area contributed by atoms with E-state index in [1.165, 1.54) is 11.8 Å². The number of nitrogens with zero attached hydrogens (tertiary/aromatic N) is 1. The number of pyridine rings is 1. The smallest absolute Gasteiger partial charge is 0.188 e. The summed E-state index contributed by atoms with van der Waals surface area (Å²) in [6, 6.07) is 3.42. The monoisotopic (exact) mass is 222 g/mol. The van der Waals surface area contributed by atoms with Gasteiger partial charge in [0.15, 0.2) is 5.78 Å². The molecule has 0 unspecified atom stereocenters. The third-order valence-corrected chi connectivity index (χ3v) is 2.50. The molecule has 0 bridgehead atoms. The van der Waals surface area contributed by atoms with E-state index in [4.69, 9.17) is 0 Å². The summed E-state index contributed by atoms with van der Waals surface area (Å²) >= 11 is 1.53. The van der Waals surface area contributed by atoms with Crippen molar-refractivity contribution >= 4 is 17.5 Å². The summed E-state index contributed by atoms with van der Waals surface area (Å²) in [6.45, 7) is 2.82. The van der Waals surface area contributed by atoms with Crippen LogP contribution in [-0.4, -0.2) is 23.6 Å². The first kappa shape index (κ1) is 11.8. The third-order valence-electron chi connectivity index (χ3n) is 1.80. The molecule has 15 heavy (non-hydrogen) atoms. The summed E-state index contributed by atoms with van der Waals surface area (Å²) in [5, 5.41) is 4.01. The van der Waals surface area contributed by atoms with Gasteiger partial charge >= 0.3 is 0 Å². The first-order valence-electron chi connectivity index (χ1n) is 4.71. The van der Waals surface area contributed by atoms with E-state index in [9.17, 15) is 4.79 Å². The van der Waals surface area contributed by atoms with Crippen molar-refractivity contribution in [2.24, 2.45) is 0 Å². The summed E-state index contributed by atoms with van der Waals surface area (Å²) in [4.78, 5) is 15.6. The molecule has 1 heterocycles. The fourth-order valence-electron chi connectivity index (χ4n) is 1.07. The van der Waals surface area contributed by atoms with Crippen molar-refractivity contribution in [3.63, 3.8) is 0 Å². The highest BCUT2D eigenvalue weighted by Gasteiger charge is 2.03. The van der Waals surface area contributed by atoms with Gasteiger partial charge in [0.1, 0.15) is 0 Å². The predicted octanol–water partition coefficient (Wildman–Crippen LogP) is 2.08. The minimum absolute atomic E-state index is 0.00250. The van der Waals surface area contributed by atoms with E-state index < -0.39 is 0 Å². The van der Waals surface area contributed by atoms with E-state index in [2.05, 4.69) is 10.3 Å². The Morgan fingerprint density at radius 1 is 1.53 bits per heavy atom. The van der Waals surface area contributed by atoms with Crippen LogP contribution in [0.25, 0.3) is 0 Å². The van der Waals surface area contributed by atoms with Crippen molar-refractivity contribution in [2.45, 2.75) is 6.92 Å². The Morgan fingerprint density at radius 3 is 2.73 bits per heavy atom. The molecule has 0 fully saturated rings. The van der Waals surface area contributed by atoms with Crippen LogP contribution in [0.4, 0.5) is 0 Å². The topological polar surface area (TPSA) is 42.0 Å². The molecule has 0 atom stereocenters. The Hall–Kier alpha value is -1.29. The second-order valence-electron chi connectivity index (χ2n) is 2.84. The average Bonchev–Trinajstić information content (AvgIpc) is 2.29. The maximum Gasteiger partial charge on any atom is 0.188 e. The molecule has 0 aliphatic carbocycles. The molecular weight excluding hydrogens is 208 g/mol. The van der Waals surface area contributed by atoms with E-state index in [0.717, 1.165) is 11.6 Å². The van der Waals surface area contributed by atoms with Crippen LogP contribution in [0.15, 0.2) is 35.6 Å². The second kappa shape index (κ2) is 6.24. The van der Waals surface area contributed by atoms with Crippen molar-refractivity contribution in [1.29, 1.82) is 0 Å². The van der Waals surface area contributed by atoms with Gasteiger partial charge in [-0.15, -0.1) is 11.8 Å². The number of allylic oxidation sites excluding steroid dienone is 1. The zero-order valence-electron chi connectivity index (χ0n) is 8.86. The highest BCUT2D eigenvalue weighted by molar-refractivity contribution is 8.02. The molecule has 0 radical (unpaired) electrons. The minimum Gasteiger partial charge on any atom is -0.380 e. The molecule has 1 aromatic rings. The number of aromatic nitrogens is 1. The SMILES string of the molecule is CCNC(=CC(=O)c1ccncc1)SC. The van der Waals surface area contributed by atoms with Crippen LogP contribution < -0.4 is 5.32 Å². The maximum atomic E-state index is 11.7. The van der Waals surface area contributed by atoms with Gasteiger partial charge < -0.3 is 5.32 Å². The fraction of sp³-hybridized carbons (Fsp3) is 0.273. The average molecular weight is 222 g/mol. The van der Waals surface area contributed by atoms with Gasteiger partial charge in [-0.3, -0.25) is 9.78 Å². The van der Waals surface area contributed by atoms with Crippen LogP contribution in [0, 0.1) is 0 Å². The highest BCUT2D eigenvalue weighted by Crippen LogP contribution is 2.09. The predicted molar refractivity (Wildman–Crippen MR) is 63.8 cm³/mol. The van der Waals surface area contributed by atoms with Crippen molar-refractivity contribution in [2.75, 3.05) is 12.8 Å². The quantitative estimate of drug-likeness (QED) is 0.612. The van der Waals surface area contributed by atoms with Crippen LogP contribution in [0.2, 0.25) is 0 Å². The maximum absolute atomic E-state index is 11.7. The molecule has 0 aliphatic rings. The normalized spacial score (nSPS) is 11.2. The molecule has 3 nitrogen and oxygen atoms in total. The molecule has 0 saturated heterocycles. The van der Waals surface area contributed by atoms with Crippen molar-refractivity contribution < 1.29 is 4.79 Å². The standard InChI is InChI=1S/C11H14N2OS/c1-3-13-11(15-2)8-10(14)9-4-6-12-7-5-9/h4-8,13H,3H2,1-2H3. The van der Waals surface area contributed by atoms with Crippen LogP contribution in [-0.2, 0) is 0 Å². The lowest BCUT2D eigenvalue weighted by Gasteiger charge is -2.04. The minimum atomic E-state index is 0.00250. The number of hydrogen-bond donors (Lipinski definition) is 1. The molecule has 0 aromatic carbocycles. The van der Waals surface area contributed by atoms with Crippen molar-refractivity contribution in [1.82, 2.24) is 10.3 Å². The molecule has 1 aromatic heterocycles. The third kappa shape index (κ3) is 3.75. The number of nitrogens with one attached hydrogen (secondary N) is 1. The Labute approximate surface area is 94.0 Å². The number of ketones is 1. The van der Waals surface area contributed by atoms with E-state index >= 15 is 0 Å². The Morgan fingerprint density at radius 2 is 2.20 bits per heavy atom. The molecule has 1 rings (SSSR count). The molecule has 0 aliphatic heterocycles. The van der Waals surface area contributed by atoms with Gasteiger partial charge in [-0.1, -0.05) is 0 Å². The van der Waals surface area contributed by atoms with E-state index in [0.29, 0.717) is 5.56 Å². The molecule has 0 spiro atoms. The zero-order chi connectivity index (χ0) is 11.1. The molecule has 4 heteroatoms. The molecule has 0 saturated carbocycles. The van der Waals surface area contributed by atoms with E-state index in [1.807, 2.05) is 13.2 Å². The molecule has 80 valence electrons. The van der Waals surface area contributed by atoms with Gasteiger partial charge in [-0.25, -0.2) is 0 Å². The van der Waals surface area contributed by atoms with Crippen LogP contribution in [0.5, 0.6) is 0 Å². The van der Waals surface area contributed by atoms with E-state index in [1.54, 1.807) is 30.6 Å². The molecule has 0 amide bonds. The van der Waals surface area contributed by atoms with Crippen molar-refractivity contribution in [3.8, 4) is 0 Å². The Kier molecular flexibility index (Phi) is 4.90. The van der Waals surface area contributed by atoms with E-state index in [-0.39, 0.29) is 5.78 Å². The molecule has 1 N–H and O–H groups in total. The fourth-order valence-corrected chi connectivity index (χ4v) is 1.59. The van der Waals surface area contributed by atoms with Crippen LogP contribution in [0.3, 0.4) is 0 Å². The van der Waals surface area contributed by atoms with Crippen molar-refractivity contribution in [3.05, 3.63) is 41.2 Å². The summed E-state index contributed by atoms with van der Waals surface area (Å²) in [5.41, 5.74) is 0.662. The lowest BCUT2D eigenvalue weighted by molar-refractivity contribution is 0.104.